The molecule has 1 saturated heterocycles. The monoisotopic (exact) mass is 342 g/mol. The van der Waals surface area contributed by atoms with E-state index in [0.29, 0.717) is 29.4 Å². The van der Waals surface area contributed by atoms with E-state index in [4.69, 9.17) is 11.6 Å². The van der Waals surface area contributed by atoms with Gasteiger partial charge >= 0.3 is 0 Å². The number of rotatable bonds is 3. The maximum absolute atomic E-state index is 12.2. The van der Waals surface area contributed by atoms with E-state index < -0.39 is 10.0 Å². The Hall–Kier alpha value is -1.27. The zero-order chi connectivity index (χ0) is 15.7. The molecule has 1 aromatic rings. The maximum Gasteiger partial charge on any atom is 0.235 e. The normalized spacial score (nSPS) is 21.2. The van der Waals surface area contributed by atoms with Gasteiger partial charge in [-0.3, -0.25) is 9.10 Å². The van der Waals surface area contributed by atoms with Crippen LogP contribution in [0.15, 0.2) is 18.2 Å². The lowest BCUT2D eigenvalue weighted by molar-refractivity contribution is -0.119. The van der Waals surface area contributed by atoms with Gasteiger partial charge in [0.15, 0.2) is 0 Å². The molecule has 1 saturated carbocycles. The van der Waals surface area contributed by atoms with Gasteiger partial charge in [-0.1, -0.05) is 24.4 Å². The van der Waals surface area contributed by atoms with Crippen LogP contribution < -0.4 is 9.62 Å². The van der Waals surface area contributed by atoms with Crippen LogP contribution in [0.1, 0.15) is 32.1 Å². The molecule has 5 nitrogen and oxygen atoms in total. The highest BCUT2D eigenvalue weighted by Gasteiger charge is 2.29. The van der Waals surface area contributed by atoms with Gasteiger partial charge in [0.1, 0.15) is 0 Å². The van der Waals surface area contributed by atoms with Gasteiger partial charge in [-0.25, -0.2) is 8.42 Å². The Bertz CT molecular complexity index is 684. The Kier molecular flexibility index (Phi) is 4.32. The molecule has 1 aliphatic carbocycles. The van der Waals surface area contributed by atoms with Gasteiger partial charge in [0.05, 0.1) is 22.2 Å². The molecule has 120 valence electrons. The van der Waals surface area contributed by atoms with E-state index in [1.54, 1.807) is 18.2 Å². The number of carbonyl (C=O) groups is 1. The van der Waals surface area contributed by atoms with Gasteiger partial charge in [-0.15, -0.1) is 0 Å². The molecule has 1 heterocycles. The van der Waals surface area contributed by atoms with Crippen molar-refractivity contribution in [3.8, 4) is 0 Å². The average Bonchev–Trinajstić information content (AvgIpc) is 3.10. The molecule has 0 spiro atoms. The van der Waals surface area contributed by atoms with Gasteiger partial charge in [0, 0.05) is 12.5 Å². The fourth-order valence-electron chi connectivity index (χ4n) is 3.12. The standard InChI is InChI=1S/C15H19ClN2O3S/c16-13-7-6-12(18-8-3-9-22(18,20)21)10-14(13)17-15(19)11-4-1-2-5-11/h6-7,10-11H,1-5,8-9H2,(H,17,19). The first-order valence-corrected chi connectivity index (χ1v) is 9.57. The summed E-state index contributed by atoms with van der Waals surface area (Å²) in [5.74, 6) is 0.176. The quantitative estimate of drug-likeness (QED) is 0.918. The summed E-state index contributed by atoms with van der Waals surface area (Å²) >= 11 is 6.14. The number of halogens is 1. The number of amides is 1. The van der Waals surface area contributed by atoms with Crippen LogP contribution in [0.5, 0.6) is 0 Å². The Morgan fingerprint density at radius 1 is 1.23 bits per heavy atom. The maximum atomic E-state index is 12.2. The van der Waals surface area contributed by atoms with Crippen LogP contribution in [0.25, 0.3) is 0 Å². The van der Waals surface area contributed by atoms with E-state index >= 15 is 0 Å². The van der Waals surface area contributed by atoms with E-state index in [2.05, 4.69) is 5.32 Å². The summed E-state index contributed by atoms with van der Waals surface area (Å²) in [6.07, 6.45) is 4.60. The minimum atomic E-state index is -3.24. The minimum Gasteiger partial charge on any atom is -0.324 e. The Balaban J connectivity index is 1.82. The molecule has 1 aliphatic heterocycles. The van der Waals surface area contributed by atoms with Crippen molar-refractivity contribution in [3.63, 3.8) is 0 Å². The molecule has 0 atom stereocenters. The highest BCUT2D eigenvalue weighted by atomic mass is 35.5. The van der Waals surface area contributed by atoms with Crippen LogP contribution in [0.4, 0.5) is 11.4 Å². The van der Waals surface area contributed by atoms with E-state index in [9.17, 15) is 13.2 Å². The number of carbonyl (C=O) groups excluding carboxylic acids is 1. The lowest BCUT2D eigenvalue weighted by Crippen LogP contribution is -2.25. The summed E-state index contributed by atoms with van der Waals surface area (Å²) in [5.41, 5.74) is 1.04. The van der Waals surface area contributed by atoms with Crippen molar-refractivity contribution in [1.82, 2.24) is 0 Å². The van der Waals surface area contributed by atoms with Gasteiger partial charge in [0.25, 0.3) is 0 Å². The molecule has 1 N–H and O–H groups in total. The molecular formula is C15H19ClN2O3S. The van der Waals surface area contributed by atoms with Gasteiger partial charge in [-0.2, -0.15) is 0 Å². The van der Waals surface area contributed by atoms with Crippen molar-refractivity contribution in [3.05, 3.63) is 23.2 Å². The molecule has 22 heavy (non-hydrogen) atoms. The van der Waals surface area contributed by atoms with Crippen molar-refractivity contribution in [1.29, 1.82) is 0 Å². The van der Waals surface area contributed by atoms with Crippen molar-refractivity contribution < 1.29 is 13.2 Å². The van der Waals surface area contributed by atoms with Gasteiger partial charge in [-0.05, 0) is 37.5 Å². The minimum absolute atomic E-state index is 0.0270. The van der Waals surface area contributed by atoms with Crippen molar-refractivity contribution >= 4 is 38.9 Å². The number of sulfonamides is 1. The number of hydrogen-bond acceptors (Lipinski definition) is 3. The second-order valence-corrected chi connectivity index (χ2v) is 8.30. The Labute approximate surface area is 135 Å². The van der Waals surface area contributed by atoms with E-state index in [-0.39, 0.29) is 17.6 Å². The molecule has 2 fully saturated rings. The highest BCUT2D eigenvalue weighted by Crippen LogP contribution is 2.32. The largest absolute Gasteiger partial charge is 0.324 e. The Morgan fingerprint density at radius 2 is 1.95 bits per heavy atom. The third-order valence-corrected chi connectivity index (χ3v) is 6.52. The molecule has 0 aromatic heterocycles. The van der Waals surface area contributed by atoms with Crippen LogP contribution in [-0.4, -0.2) is 26.6 Å². The summed E-state index contributed by atoms with van der Waals surface area (Å²) in [6.45, 7) is 0.472. The topological polar surface area (TPSA) is 66.5 Å². The predicted molar refractivity (Wildman–Crippen MR) is 87.8 cm³/mol. The number of benzene rings is 1. The second-order valence-electron chi connectivity index (χ2n) is 5.88. The molecule has 2 aliphatic rings. The lowest BCUT2D eigenvalue weighted by atomic mass is 10.1. The fourth-order valence-corrected chi connectivity index (χ4v) is 4.84. The second kappa shape index (κ2) is 6.08. The van der Waals surface area contributed by atoms with Crippen molar-refractivity contribution in [2.75, 3.05) is 21.9 Å². The first-order chi connectivity index (χ1) is 10.5. The summed E-state index contributed by atoms with van der Waals surface area (Å²) in [4.78, 5) is 12.2. The molecule has 0 unspecified atom stereocenters. The van der Waals surface area contributed by atoms with E-state index in [0.717, 1.165) is 25.7 Å². The van der Waals surface area contributed by atoms with Crippen LogP contribution >= 0.6 is 11.6 Å². The highest BCUT2D eigenvalue weighted by molar-refractivity contribution is 7.93. The number of nitrogens with one attached hydrogen (secondary N) is 1. The summed E-state index contributed by atoms with van der Waals surface area (Å²) in [7, 11) is -3.24. The van der Waals surface area contributed by atoms with Crippen LogP contribution in [0.3, 0.4) is 0 Å². The molecule has 0 bridgehead atoms. The van der Waals surface area contributed by atoms with E-state index in [1.807, 2.05) is 0 Å². The first kappa shape index (κ1) is 15.6. The summed E-state index contributed by atoms with van der Waals surface area (Å²) < 4.78 is 25.4. The van der Waals surface area contributed by atoms with Crippen molar-refractivity contribution in [2.24, 2.45) is 5.92 Å². The third-order valence-electron chi connectivity index (χ3n) is 4.32. The first-order valence-electron chi connectivity index (χ1n) is 7.58. The number of nitrogens with zero attached hydrogens (tertiary/aromatic N) is 1. The number of anilines is 2. The molecule has 3 rings (SSSR count). The molecule has 7 heteroatoms. The van der Waals surface area contributed by atoms with Gasteiger partial charge < -0.3 is 5.32 Å². The van der Waals surface area contributed by atoms with Gasteiger partial charge in [0.2, 0.25) is 15.9 Å². The third kappa shape index (κ3) is 3.08. The number of hydrogen-bond donors (Lipinski definition) is 1. The average molecular weight is 343 g/mol. The van der Waals surface area contributed by atoms with E-state index in [1.165, 1.54) is 4.31 Å². The van der Waals surface area contributed by atoms with Crippen molar-refractivity contribution in [2.45, 2.75) is 32.1 Å². The SMILES string of the molecule is O=C(Nc1cc(N2CCCS2(=O)=O)ccc1Cl)C1CCCC1. The van der Waals surface area contributed by atoms with Crippen LogP contribution in [0, 0.1) is 5.92 Å². The zero-order valence-electron chi connectivity index (χ0n) is 12.2. The zero-order valence-corrected chi connectivity index (χ0v) is 13.8. The molecule has 1 amide bonds. The van der Waals surface area contributed by atoms with Crippen LogP contribution in [-0.2, 0) is 14.8 Å². The lowest BCUT2D eigenvalue weighted by Gasteiger charge is -2.19. The molecule has 0 radical (unpaired) electrons. The smallest absolute Gasteiger partial charge is 0.235 e. The summed E-state index contributed by atoms with van der Waals surface area (Å²) in [6, 6.07) is 4.96. The molecular weight excluding hydrogens is 324 g/mol. The fraction of sp³-hybridized carbons (Fsp3) is 0.533. The molecule has 1 aromatic carbocycles. The summed E-state index contributed by atoms with van der Waals surface area (Å²) in [5, 5.41) is 3.27. The van der Waals surface area contributed by atoms with Crippen LogP contribution in [0.2, 0.25) is 5.02 Å². The Morgan fingerprint density at radius 3 is 2.59 bits per heavy atom. The predicted octanol–water partition coefficient (Wildman–Crippen LogP) is 3.01.